The molecule has 0 aliphatic heterocycles. The molecule has 1 amide bonds. The van der Waals surface area contributed by atoms with E-state index in [4.69, 9.17) is 11.6 Å². The Morgan fingerprint density at radius 3 is 2.60 bits per heavy atom. The lowest BCUT2D eigenvalue weighted by Crippen LogP contribution is -2.25. The number of carbonyl (C=O) groups excluding carboxylic acids is 1. The Hall–Kier alpha value is -1.27. The number of phenols is 1. The van der Waals surface area contributed by atoms with Crippen molar-refractivity contribution in [2.45, 2.75) is 6.42 Å². The first-order valence-corrected chi connectivity index (χ1v) is 7.53. The van der Waals surface area contributed by atoms with Gasteiger partial charge >= 0.3 is 0 Å². The first-order valence-electron chi connectivity index (χ1n) is 6.07. The summed E-state index contributed by atoms with van der Waals surface area (Å²) in [5.74, 6) is -0.274. The number of phenolic OH excluding ortho intramolecular Hbond substituents is 1. The molecule has 0 saturated heterocycles. The number of rotatable bonds is 4. The molecule has 0 unspecified atom stereocenters. The maximum absolute atomic E-state index is 12.0. The van der Waals surface area contributed by atoms with Crippen LogP contribution in [0.1, 0.15) is 15.9 Å². The normalized spacial score (nSPS) is 10.3. The highest BCUT2D eigenvalue weighted by Gasteiger charge is 2.10. The van der Waals surface area contributed by atoms with Crippen LogP contribution in [0.5, 0.6) is 5.75 Å². The second kappa shape index (κ2) is 6.95. The average Bonchev–Trinajstić information content (AvgIpc) is 2.43. The molecule has 0 aromatic heterocycles. The van der Waals surface area contributed by atoms with E-state index in [-0.39, 0.29) is 11.7 Å². The van der Waals surface area contributed by atoms with Gasteiger partial charge in [0.2, 0.25) is 0 Å². The Balaban J connectivity index is 1.92. The van der Waals surface area contributed by atoms with Crippen LogP contribution in [0.15, 0.2) is 42.5 Å². The van der Waals surface area contributed by atoms with Crippen molar-refractivity contribution >= 4 is 40.1 Å². The predicted octanol–water partition coefficient (Wildman–Crippen LogP) is 3.62. The number of carbonyl (C=O) groups is 1. The fraction of sp³-hybridized carbons (Fsp3) is 0.133. The van der Waals surface area contributed by atoms with Crippen molar-refractivity contribution in [1.82, 2.24) is 5.32 Å². The average molecular weight is 402 g/mol. The van der Waals surface area contributed by atoms with Crippen LogP contribution in [-0.4, -0.2) is 17.6 Å². The van der Waals surface area contributed by atoms with Crippen LogP contribution in [0.4, 0.5) is 0 Å². The number of amides is 1. The van der Waals surface area contributed by atoms with E-state index >= 15 is 0 Å². The Kier molecular flexibility index (Phi) is 5.25. The number of benzene rings is 2. The minimum atomic E-state index is -0.269. The van der Waals surface area contributed by atoms with E-state index in [2.05, 4.69) is 27.9 Å². The molecule has 0 spiro atoms. The zero-order valence-electron chi connectivity index (χ0n) is 10.6. The largest absolute Gasteiger partial charge is 0.507 e. The van der Waals surface area contributed by atoms with Gasteiger partial charge < -0.3 is 10.4 Å². The summed E-state index contributed by atoms with van der Waals surface area (Å²) in [6, 6.07) is 12.4. The second-order valence-corrected chi connectivity index (χ2v) is 5.98. The lowest BCUT2D eigenvalue weighted by Gasteiger charge is -2.07. The van der Waals surface area contributed by atoms with Crippen molar-refractivity contribution in [3.8, 4) is 5.75 Å². The van der Waals surface area contributed by atoms with E-state index in [1.165, 1.54) is 6.07 Å². The van der Waals surface area contributed by atoms with Crippen LogP contribution in [0.3, 0.4) is 0 Å². The lowest BCUT2D eigenvalue weighted by molar-refractivity contribution is 0.0951. The van der Waals surface area contributed by atoms with Crippen molar-refractivity contribution in [3.05, 3.63) is 62.2 Å². The van der Waals surface area contributed by atoms with Crippen LogP contribution in [-0.2, 0) is 6.42 Å². The summed E-state index contributed by atoms with van der Waals surface area (Å²) >= 11 is 7.91. The van der Waals surface area contributed by atoms with Gasteiger partial charge in [-0.1, -0.05) is 23.7 Å². The Morgan fingerprint density at radius 1 is 1.20 bits per heavy atom. The molecule has 104 valence electrons. The van der Waals surface area contributed by atoms with Gasteiger partial charge in [0.1, 0.15) is 5.75 Å². The predicted molar refractivity (Wildman–Crippen MR) is 88.3 cm³/mol. The minimum Gasteiger partial charge on any atom is -0.507 e. The van der Waals surface area contributed by atoms with Crippen molar-refractivity contribution in [2.24, 2.45) is 0 Å². The van der Waals surface area contributed by atoms with E-state index in [1.807, 2.05) is 24.3 Å². The fourth-order valence-corrected chi connectivity index (χ4v) is 2.37. The first kappa shape index (κ1) is 15.1. The molecule has 2 N–H and O–H groups in total. The molecule has 2 aromatic carbocycles. The fourth-order valence-electron chi connectivity index (χ4n) is 1.76. The summed E-state index contributed by atoms with van der Waals surface area (Å²) in [7, 11) is 0. The molecule has 20 heavy (non-hydrogen) atoms. The van der Waals surface area contributed by atoms with Gasteiger partial charge in [0.15, 0.2) is 0 Å². The monoisotopic (exact) mass is 401 g/mol. The van der Waals surface area contributed by atoms with Crippen LogP contribution < -0.4 is 5.32 Å². The van der Waals surface area contributed by atoms with Crippen molar-refractivity contribution in [1.29, 1.82) is 0 Å². The summed E-state index contributed by atoms with van der Waals surface area (Å²) in [6.45, 7) is 0.505. The summed E-state index contributed by atoms with van der Waals surface area (Å²) in [4.78, 5) is 12.0. The SMILES string of the molecule is O=C(NCCc1ccc(Cl)cc1)c1cc(I)ccc1O. The summed E-state index contributed by atoms with van der Waals surface area (Å²) in [6.07, 6.45) is 0.716. The van der Waals surface area contributed by atoms with Crippen molar-refractivity contribution in [2.75, 3.05) is 6.54 Å². The van der Waals surface area contributed by atoms with Crippen molar-refractivity contribution < 1.29 is 9.90 Å². The maximum atomic E-state index is 12.0. The van der Waals surface area contributed by atoms with Gasteiger partial charge in [0.25, 0.3) is 5.91 Å². The summed E-state index contributed by atoms with van der Waals surface area (Å²) in [5.41, 5.74) is 1.40. The molecule has 0 atom stereocenters. The van der Waals surface area contributed by atoms with Gasteiger partial charge in [-0.3, -0.25) is 4.79 Å². The molecular formula is C15H13ClINO2. The quantitative estimate of drug-likeness (QED) is 0.769. The van der Waals surface area contributed by atoms with Gasteiger partial charge in [0, 0.05) is 15.1 Å². The highest BCUT2D eigenvalue weighted by Crippen LogP contribution is 2.19. The molecule has 0 fully saturated rings. The highest BCUT2D eigenvalue weighted by atomic mass is 127. The topological polar surface area (TPSA) is 49.3 Å². The van der Waals surface area contributed by atoms with E-state index in [0.717, 1.165) is 9.13 Å². The highest BCUT2D eigenvalue weighted by molar-refractivity contribution is 14.1. The van der Waals surface area contributed by atoms with Gasteiger partial charge in [-0.25, -0.2) is 0 Å². The number of aromatic hydroxyl groups is 1. The van der Waals surface area contributed by atoms with E-state index < -0.39 is 0 Å². The van der Waals surface area contributed by atoms with E-state index in [9.17, 15) is 9.90 Å². The van der Waals surface area contributed by atoms with E-state index in [1.54, 1.807) is 12.1 Å². The van der Waals surface area contributed by atoms with Gasteiger partial charge in [-0.05, 0) is 64.9 Å². The number of hydrogen-bond donors (Lipinski definition) is 2. The van der Waals surface area contributed by atoms with Gasteiger partial charge in [0.05, 0.1) is 5.56 Å². The molecular weight excluding hydrogens is 389 g/mol. The standard InChI is InChI=1S/C15H13ClINO2/c16-11-3-1-10(2-4-11)7-8-18-15(20)13-9-12(17)5-6-14(13)19/h1-6,9,19H,7-8H2,(H,18,20). The summed E-state index contributed by atoms with van der Waals surface area (Å²) < 4.78 is 0.906. The zero-order valence-corrected chi connectivity index (χ0v) is 13.5. The van der Waals surface area contributed by atoms with Crippen LogP contribution in [0.25, 0.3) is 0 Å². The maximum Gasteiger partial charge on any atom is 0.255 e. The number of hydrogen-bond acceptors (Lipinski definition) is 2. The molecule has 0 bridgehead atoms. The molecule has 2 rings (SSSR count). The lowest BCUT2D eigenvalue weighted by atomic mass is 10.1. The van der Waals surface area contributed by atoms with Crippen LogP contribution >= 0.6 is 34.2 Å². The van der Waals surface area contributed by atoms with Gasteiger partial charge in [-0.15, -0.1) is 0 Å². The Bertz CT molecular complexity index is 614. The second-order valence-electron chi connectivity index (χ2n) is 4.29. The first-order chi connectivity index (χ1) is 9.56. The number of halogens is 2. The third-order valence-electron chi connectivity index (χ3n) is 2.82. The third kappa shape index (κ3) is 4.11. The molecule has 0 saturated carbocycles. The smallest absolute Gasteiger partial charge is 0.255 e. The molecule has 5 heteroatoms. The van der Waals surface area contributed by atoms with Crippen molar-refractivity contribution in [3.63, 3.8) is 0 Å². The molecule has 0 heterocycles. The molecule has 2 aromatic rings. The Labute approximate surface area is 136 Å². The minimum absolute atomic E-state index is 0.00518. The van der Waals surface area contributed by atoms with Gasteiger partial charge in [-0.2, -0.15) is 0 Å². The molecule has 0 aliphatic carbocycles. The third-order valence-corrected chi connectivity index (χ3v) is 3.74. The zero-order chi connectivity index (χ0) is 14.5. The van der Waals surface area contributed by atoms with Crippen LogP contribution in [0.2, 0.25) is 5.02 Å². The molecule has 0 radical (unpaired) electrons. The molecule has 3 nitrogen and oxygen atoms in total. The molecule has 0 aliphatic rings. The van der Waals surface area contributed by atoms with E-state index in [0.29, 0.717) is 23.6 Å². The van der Waals surface area contributed by atoms with Crippen LogP contribution in [0, 0.1) is 3.57 Å². The Morgan fingerprint density at radius 2 is 1.90 bits per heavy atom. The summed E-state index contributed by atoms with van der Waals surface area (Å²) in [5, 5.41) is 13.2. The number of nitrogens with one attached hydrogen (secondary N) is 1.